The topological polar surface area (TPSA) is 0 Å². The summed E-state index contributed by atoms with van der Waals surface area (Å²) in [5.41, 5.74) is 4.22. The summed E-state index contributed by atoms with van der Waals surface area (Å²) in [5.74, 6) is 0. The molecule has 0 fully saturated rings. The average molecular weight is 208 g/mol. The van der Waals surface area contributed by atoms with Crippen LogP contribution in [-0.4, -0.2) is 4.75 Å². The molecular weight excluding hydrogens is 188 g/mol. The van der Waals surface area contributed by atoms with Gasteiger partial charge >= 0.3 is 0 Å². The lowest BCUT2D eigenvalue weighted by molar-refractivity contribution is 0.802. The van der Waals surface area contributed by atoms with E-state index in [2.05, 4.69) is 53.7 Å². The van der Waals surface area contributed by atoms with Gasteiger partial charge in [0, 0.05) is 9.64 Å². The lowest BCUT2D eigenvalue weighted by Gasteiger charge is -2.19. The van der Waals surface area contributed by atoms with Gasteiger partial charge < -0.3 is 0 Å². The van der Waals surface area contributed by atoms with E-state index in [9.17, 15) is 0 Å². The van der Waals surface area contributed by atoms with Gasteiger partial charge in [0.15, 0.2) is 0 Å². The zero-order chi connectivity index (χ0) is 10.9. The molecule has 0 aromatic heterocycles. The van der Waals surface area contributed by atoms with Gasteiger partial charge in [0.2, 0.25) is 0 Å². The molecule has 14 heavy (non-hydrogen) atoms. The van der Waals surface area contributed by atoms with Gasteiger partial charge in [-0.1, -0.05) is 20.8 Å². The second-order valence-electron chi connectivity index (χ2n) is 4.90. The van der Waals surface area contributed by atoms with Crippen molar-refractivity contribution in [3.8, 4) is 0 Å². The maximum atomic E-state index is 2.29. The number of hydrogen-bond donors (Lipinski definition) is 0. The van der Waals surface area contributed by atoms with E-state index in [0.29, 0.717) is 4.75 Å². The number of benzene rings is 1. The predicted molar refractivity (Wildman–Crippen MR) is 66.3 cm³/mol. The number of aryl methyl sites for hydroxylation is 2. The van der Waals surface area contributed by atoms with Crippen molar-refractivity contribution >= 4 is 11.8 Å². The Morgan fingerprint density at radius 3 is 1.71 bits per heavy atom. The van der Waals surface area contributed by atoms with Gasteiger partial charge in [-0.2, -0.15) is 0 Å². The first-order valence-corrected chi connectivity index (χ1v) is 5.88. The van der Waals surface area contributed by atoms with Crippen molar-refractivity contribution in [2.24, 2.45) is 0 Å². The molecular formula is C13H20S. The molecule has 0 unspecified atom stereocenters. The minimum absolute atomic E-state index is 0.300. The zero-order valence-corrected chi connectivity index (χ0v) is 10.9. The Kier molecular flexibility index (Phi) is 3.31. The molecule has 0 radical (unpaired) electrons. The molecule has 1 aromatic carbocycles. The molecule has 0 bridgehead atoms. The van der Waals surface area contributed by atoms with Crippen molar-refractivity contribution in [3.05, 3.63) is 28.8 Å². The quantitative estimate of drug-likeness (QED) is 0.612. The molecule has 1 aromatic rings. The standard InChI is InChI=1S/C13H20S/c1-9-7-12(14-13(4,5)6)8-10(2)11(9)3/h7-8H,1-6H3. The molecule has 0 aliphatic carbocycles. The lowest BCUT2D eigenvalue weighted by Crippen LogP contribution is -2.06. The van der Waals surface area contributed by atoms with Crippen LogP contribution in [0.1, 0.15) is 37.5 Å². The van der Waals surface area contributed by atoms with Crippen LogP contribution in [0.15, 0.2) is 17.0 Å². The highest BCUT2D eigenvalue weighted by molar-refractivity contribution is 8.00. The summed E-state index contributed by atoms with van der Waals surface area (Å²) < 4.78 is 0.300. The number of thioether (sulfide) groups is 1. The molecule has 0 heterocycles. The fraction of sp³-hybridized carbons (Fsp3) is 0.538. The maximum absolute atomic E-state index is 2.29. The van der Waals surface area contributed by atoms with E-state index < -0.39 is 0 Å². The third-order valence-electron chi connectivity index (χ3n) is 2.32. The van der Waals surface area contributed by atoms with E-state index in [4.69, 9.17) is 0 Å². The summed E-state index contributed by atoms with van der Waals surface area (Å²) in [7, 11) is 0. The Bertz CT molecular complexity index is 309. The summed E-state index contributed by atoms with van der Waals surface area (Å²) in [6.07, 6.45) is 0. The van der Waals surface area contributed by atoms with Gasteiger partial charge in [-0.15, -0.1) is 11.8 Å². The fourth-order valence-corrected chi connectivity index (χ4v) is 2.59. The first-order chi connectivity index (χ1) is 6.29. The summed E-state index contributed by atoms with van der Waals surface area (Å²) >= 11 is 1.94. The third-order valence-corrected chi connectivity index (χ3v) is 3.41. The molecule has 0 amide bonds. The van der Waals surface area contributed by atoms with Gasteiger partial charge in [-0.05, 0) is 49.6 Å². The second kappa shape index (κ2) is 3.98. The first-order valence-electron chi connectivity index (χ1n) is 5.06. The van der Waals surface area contributed by atoms with Crippen molar-refractivity contribution in [2.45, 2.75) is 51.2 Å². The Morgan fingerprint density at radius 2 is 1.36 bits per heavy atom. The Morgan fingerprint density at radius 1 is 0.929 bits per heavy atom. The van der Waals surface area contributed by atoms with E-state index in [0.717, 1.165) is 0 Å². The Hall–Kier alpha value is -0.430. The fourth-order valence-electron chi connectivity index (χ4n) is 1.41. The number of rotatable bonds is 1. The molecule has 78 valence electrons. The van der Waals surface area contributed by atoms with Crippen molar-refractivity contribution in [3.63, 3.8) is 0 Å². The van der Waals surface area contributed by atoms with E-state index in [1.165, 1.54) is 21.6 Å². The molecule has 0 aliphatic heterocycles. The van der Waals surface area contributed by atoms with E-state index >= 15 is 0 Å². The highest BCUT2D eigenvalue weighted by Crippen LogP contribution is 2.33. The van der Waals surface area contributed by atoms with Crippen LogP contribution in [0.3, 0.4) is 0 Å². The first kappa shape index (κ1) is 11.6. The second-order valence-corrected chi connectivity index (χ2v) is 6.80. The van der Waals surface area contributed by atoms with Crippen molar-refractivity contribution in [2.75, 3.05) is 0 Å². The van der Waals surface area contributed by atoms with Gasteiger partial charge in [-0.25, -0.2) is 0 Å². The Labute approximate surface area is 92.1 Å². The molecule has 1 rings (SSSR count). The molecule has 0 aliphatic rings. The van der Waals surface area contributed by atoms with Gasteiger partial charge in [0.25, 0.3) is 0 Å². The van der Waals surface area contributed by atoms with E-state index in [1.54, 1.807) is 0 Å². The van der Waals surface area contributed by atoms with Crippen molar-refractivity contribution in [1.82, 2.24) is 0 Å². The van der Waals surface area contributed by atoms with Gasteiger partial charge in [-0.3, -0.25) is 0 Å². The van der Waals surface area contributed by atoms with Gasteiger partial charge in [0.1, 0.15) is 0 Å². The van der Waals surface area contributed by atoms with Crippen LogP contribution in [0.2, 0.25) is 0 Å². The van der Waals surface area contributed by atoms with Crippen LogP contribution in [-0.2, 0) is 0 Å². The predicted octanol–water partition coefficient (Wildman–Crippen LogP) is 4.50. The van der Waals surface area contributed by atoms with E-state index in [-0.39, 0.29) is 0 Å². The minimum atomic E-state index is 0.300. The summed E-state index contributed by atoms with van der Waals surface area (Å²) in [6.45, 7) is 13.3. The molecule has 0 spiro atoms. The molecule has 0 atom stereocenters. The van der Waals surface area contributed by atoms with Crippen molar-refractivity contribution < 1.29 is 0 Å². The van der Waals surface area contributed by atoms with Crippen LogP contribution in [0.5, 0.6) is 0 Å². The lowest BCUT2D eigenvalue weighted by atomic mass is 10.1. The zero-order valence-electron chi connectivity index (χ0n) is 10.1. The normalized spacial score (nSPS) is 11.9. The highest BCUT2D eigenvalue weighted by atomic mass is 32.2. The highest BCUT2D eigenvalue weighted by Gasteiger charge is 2.12. The largest absolute Gasteiger partial charge is 0.120 e. The van der Waals surface area contributed by atoms with Crippen LogP contribution in [0.25, 0.3) is 0 Å². The SMILES string of the molecule is Cc1cc(SC(C)(C)C)cc(C)c1C. The van der Waals surface area contributed by atoms with Crippen LogP contribution < -0.4 is 0 Å². The molecule has 0 saturated carbocycles. The van der Waals surface area contributed by atoms with Crippen LogP contribution in [0, 0.1) is 20.8 Å². The molecule has 0 saturated heterocycles. The molecule has 1 heteroatoms. The smallest absolute Gasteiger partial charge is 0.0122 e. The van der Waals surface area contributed by atoms with E-state index in [1.807, 2.05) is 11.8 Å². The van der Waals surface area contributed by atoms with Gasteiger partial charge in [0.05, 0.1) is 0 Å². The summed E-state index contributed by atoms with van der Waals surface area (Å²) in [5, 5.41) is 0. The monoisotopic (exact) mass is 208 g/mol. The molecule has 0 nitrogen and oxygen atoms in total. The Balaban J connectivity index is 3.02. The van der Waals surface area contributed by atoms with Crippen molar-refractivity contribution in [1.29, 1.82) is 0 Å². The minimum Gasteiger partial charge on any atom is -0.120 e. The van der Waals surface area contributed by atoms with Crippen LogP contribution in [0.4, 0.5) is 0 Å². The third kappa shape index (κ3) is 3.06. The average Bonchev–Trinajstić information content (AvgIpc) is 1.96. The summed E-state index contributed by atoms with van der Waals surface area (Å²) in [4.78, 5) is 1.39. The summed E-state index contributed by atoms with van der Waals surface area (Å²) in [6, 6.07) is 4.58. The maximum Gasteiger partial charge on any atom is 0.0122 e. The number of hydrogen-bond acceptors (Lipinski definition) is 1. The van der Waals surface area contributed by atoms with Crippen LogP contribution >= 0.6 is 11.8 Å². The molecule has 0 N–H and O–H groups in total.